The molecule has 0 atom stereocenters. The van der Waals surface area contributed by atoms with Crippen LogP contribution in [0.15, 0.2) is 42.5 Å². The molecule has 3 N–H and O–H groups in total. The van der Waals surface area contributed by atoms with Crippen molar-refractivity contribution in [1.29, 1.82) is 0 Å². The summed E-state index contributed by atoms with van der Waals surface area (Å²) in [5.74, 6) is 0. The summed E-state index contributed by atoms with van der Waals surface area (Å²) >= 11 is 0. The lowest BCUT2D eigenvalue weighted by atomic mass is 10.0. The van der Waals surface area contributed by atoms with Crippen LogP contribution in [0, 0.1) is 0 Å². The number of nitrogen functional groups attached to an aromatic ring is 1. The van der Waals surface area contributed by atoms with Crippen molar-refractivity contribution in [2.45, 2.75) is 0 Å². The summed E-state index contributed by atoms with van der Waals surface area (Å²) in [7, 11) is 0. The average Bonchev–Trinajstić information content (AvgIpc) is 2.77. The van der Waals surface area contributed by atoms with E-state index in [0.29, 0.717) is 0 Å². The minimum Gasteiger partial charge on any atom is -0.398 e. The molecular formula is C12H10N4. The largest absolute Gasteiger partial charge is 0.398 e. The summed E-state index contributed by atoms with van der Waals surface area (Å²) in [5.41, 5.74) is 10.4. The molecule has 16 heavy (non-hydrogen) atoms. The number of hydrogen-bond donors (Lipinski definition) is 2. The van der Waals surface area contributed by atoms with Crippen LogP contribution in [-0.4, -0.2) is 15.4 Å². The molecule has 0 radical (unpaired) electrons. The van der Waals surface area contributed by atoms with Crippen molar-refractivity contribution < 1.29 is 0 Å². The van der Waals surface area contributed by atoms with Crippen molar-refractivity contribution in [1.82, 2.24) is 15.4 Å². The van der Waals surface area contributed by atoms with Gasteiger partial charge in [-0.25, -0.2) is 0 Å². The van der Waals surface area contributed by atoms with Crippen molar-refractivity contribution >= 4 is 16.7 Å². The van der Waals surface area contributed by atoms with Crippen LogP contribution in [0.5, 0.6) is 0 Å². The molecule has 4 nitrogen and oxygen atoms in total. The van der Waals surface area contributed by atoms with Gasteiger partial charge in [-0.05, 0) is 12.1 Å². The van der Waals surface area contributed by atoms with Crippen LogP contribution in [0.25, 0.3) is 22.2 Å². The van der Waals surface area contributed by atoms with Crippen molar-refractivity contribution in [2.75, 3.05) is 5.73 Å². The SMILES string of the molecule is Nc1ccccc1-c1cccc2n[nH]nc12. The van der Waals surface area contributed by atoms with Crippen molar-refractivity contribution in [3.05, 3.63) is 42.5 Å². The number of benzene rings is 2. The van der Waals surface area contributed by atoms with E-state index < -0.39 is 0 Å². The molecule has 0 aliphatic rings. The van der Waals surface area contributed by atoms with Gasteiger partial charge in [0, 0.05) is 16.8 Å². The quantitative estimate of drug-likeness (QED) is 0.605. The Morgan fingerprint density at radius 3 is 2.56 bits per heavy atom. The van der Waals surface area contributed by atoms with E-state index in [1.165, 1.54) is 0 Å². The second-order valence-corrected chi connectivity index (χ2v) is 3.58. The zero-order chi connectivity index (χ0) is 11.0. The number of aromatic amines is 1. The lowest BCUT2D eigenvalue weighted by Gasteiger charge is -2.05. The van der Waals surface area contributed by atoms with Crippen molar-refractivity contribution in [2.24, 2.45) is 0 Å². The maximum absolute atomic E-state index is 5.95. The molecule has 1 aromatic heterocycles. The minimum atomic E-state index is 0.748. The van der Waals surface area contributed by atoms with Gasteiger partial charge in [-0.15, -0.1) is 0 Å². The number of anilines is 1. The van der Waals surface area contributed by atoms with Gasteiger partial charge in [0.2, 0.25) is 0 Å². The highest BCUT2D eigenvalue weighted by Crippen LogP contribution is 2.29. The molecule has 0 aliphatic heterocycles. The molecule has 0 spiro atoms. The van der Waals surface area contributed by atoms with Gasteiger partial charge in [-0.2, -0.15) is 15.4 Å². The highest BCUT2D eigenvalue weighted by molar-refractivity contribution is 5.94. The van der Waals surface area contributed by atoms with Crippen LogP contribution in [0.4, 0.5) is 5.69 Å². The first-order valence-corrected chi connectivity index (χ1v) is 5.00. The molecule has 0 unspecified atom stereocenters. The van der Waals surface area contributed by atoms with Gasteiger partial charge in [0.05, 0.1) is 0 Å². The first-order chi connectivity index (χ1) is 7.86. The molecule has 4 heteroatoms. The van der Waals surface area contributed by atoms with Gasteiger partial charge in [-0.3, -0.25) is 0 Å². The van der Waals surface area contributed by atoms with E-state index in [9.17, 15) is 0 Å². The van der Waals surface area contributed by atoms with E-state index >= 15 is 0 Å². The van der Waals surface area contributed by atoms with Crippen LogP contribution in [0.3, 0.4) is 0 Å². The lowest BCUT2D eigenvalue weighted by Crippen LogP contribution is -1.89. The highest BCUT2D eigenvalue weighted by atomic mass is 15.3. The first-order valence-electron chi connectivity index (χ1n) is 5.00. The topological polar surface area (TPSA) is 67.6 Å². The third kappa shape index (κ3) is 1.24. The van der Waals surface area contributed by atoms with E-state index in [1.54, 1.807) is 0 Å². The first kappa shape index (κ1) is 8.91. The standard InChI is InChI=1S/C12H10N4/c13-10-6-2-1-4-8(10)9-5-3-7-11-12(9)15-16-14-11/h1-7H,13H2,(H,14,15,16). The molecule has 0 amide bonds. The molecule has 0 fully saturated rings. The fraction of sp³-hybridized carbons (Fsp3) is 0. The highest BCUT2D eigenvalue weighted by Gasteiger charge is 2.08. The second kappa shape index (κ2) is 3.34. The number of nitrogens with zero attached hydrogens (tertiary/aromatic N) is 2. The average molecular weight is 210 g/mol. The minimum absolute atomic E-state index is 0.748. The summed E-state index contributed by atoms with van der Waals surface area (Å²) in [5, 5.41) is 10.8. The van der Waals surface area contributed by atoms with Gasteiger partial charge in [0.1, 0.15) is 11.0 Å². The Bertz CT molecular complexity index is 642. The summed E-state index contributed by atoms with van der Waals surface area (Å²) < 4.78 is 0. The van der Waals surface area contributed by atoms with Crippen LogP contribution in [0.1, 0.15) is 0 Å². The summed E-state index contributed by atoms with van der Waals surface area (Å²) in [4.78, 5) is 0. The summed E-state index contributed by atoms with van der Waals surface area (Å²) in [6, 6.07) is 13.6. The van der Waals surface area contributed by atoms with Gasteiger partial charge in [0.25, 0.3) is 0 Å². The van der Waals surface area contributed by atoms with Gasteiger partial charge < -0.3 is 5.73 Å². The van der Waals surface area contributed by atoms with Crippen LogP contribution in [0.2, 0.25) is 0 Å². The second-order valence-electron chi connectivity index (χ2n) is 3.58. The van der Waals surface area contributed by atoms with E-state index in [0.717, 1.165) is 27.8 Å². The van der Waals surface area contributed by atoms with Crippen molar-refractivity contribution in [3.63, 3.8) is 0 Å². The zero-order valence-electron chi connectivity index (χ0n) is 8.51. The number of nitrogens with two attached hydrogens (primary N) is 1. The number of fused-ring (bicyclic) bond motifs is 1. The monoisotopic (exact) mass is 210 g/mol. The summed E-state index contributed by atoms with van der Waals surface area (Å²) in [6.07, 6.45) is 0. The molecular weight excluding hydrogens is 200 g/mol. The van der Waals surface area contributed by atoms with E-state index in [4.69, 9.17) is 5.73 Å². The zero-order valence-corrected chi connectivity index (χ0v) is 8.51. The van der Waals surface area contributed by atoms with E-state index in [-0.39, 0.29) is 0 Å². The Balaban J connectivity index is 2.34. The lowest BCUT2D eigenvalue weighted by molar-refractivity contribution is 0.959. The molecule has 1 heterocycles. The molecule has 3 rings (SSSR count). The molecule has 2 aromatic carbocycles. The Kier molecular flexibility index (Phi) is 1.86. The molecule has 78 valence electrons. The Labute approximate surface area is 92.1 Å². The molecule has 3 aromatic rings. The molecule has 0 saturated carbocycles. The Morgan fingerprint density at radius 2 is 1.69 bits per heavy atom. The Morgan fingerprint density at radius 1 is 0.875 bits per heavy atom. The maximum Gasteiger partial charge on any atom is 0.120 e. The number of H-pyrrole nitrogens is 1. The fourth-order valence-corrected chi connectivity index (χ4v) is 1.83. The number of hydrogen-bond acceptors (Lipinski definition) is 3. The predicted octanol–water partition coefficient (Wildman–Crippen LogP) is 2.21. The number of para-hydroxylation sites is 2. The van der Waals surface area contributed by atoms with E-state index in [1.807, 2.05) is 42.5 Å². The Hall–Kier alpha value is -2.36. The smallest absolute Gasteiger partial charge is 0.120 e. The third-order valence-electron chi connectivity index (χ3n) is 2.60. The number of aromatic nitrogens is 3. The number of rotatable bonds is 1. The molecule has 0 bridgehead atoms. The van der Waals surface area contributed by atoms with Crippen LogP contribution in [-0.2, 0) is 0 Å². The van der Waals surface area contributed by atoms with Crippen molar-refractivity contribution in [3.8, 4) is 11.1 Å². The summed E-state index contributed by atoms with van der Waals surface area (Å²) in [6.45, 7) is 0. The third-order valence-corrected chi connectivity index (χ3v) is 2.60. The molecule has 0 saturated heterocycles. The van der Waals surface area contributed by atoms with Crippen LogP contribution < -0.4 is 5.73 Å². The van der Waals surface area contributed by atoms with Crippen LogP contribution >= 0.6 is 0 Å². The fourth-order valence-electron chi connectivity index (χ4n) is 1.83. The maximum atomic E-state index is 5.95. The van der Waals surface area contributed by atoms with Gasteiger partial charge in [0.15, 0.2) is 0 Å². The van der Waals surface area contributed by atoms with Gasteiger partial charge in [-0.1, -0.05) is 30.3 Å². The number of nitrogens with one attached hydrogen (secondary N) is 1. The predicted molar refractivity (Wildman–Crippen MR) is 63.7 cm³/mol. The molecule has 0 aliphatic carbocycles. The van der Waals surface area contributed by atoms with Gasteiger partial charge >= 0.3 is 0 Å². The normalized spacial score (nSPS) is 10.8. The van der Waals surface area contributed by atoms with E-state index in [2.05, 4.69) is 15.4 Å².